The molecule has 5 fully saturated rings. The van der Waals surface area contributed by atoms with Crippen molar-refractivity contribution in [3.8, 4) is 0 Å². The number of rotatable bonds is 4. The lowest BCUT2D eigenvalue weighted by Crippen LogP contribution is -2.60. The van der Waals surface area contributed by atoms with Gasteiger partial charge < -0.3 is 14.9 Å². The van der Waals surface area contributed by atoms with Crippen LogP contribution in [0.5, 0.6) is 0 Å². The summed E-state index contributed by atoms with van der Waals surface area (Å²) in [5, 5.41) is 20.4. The molecule has 9 atom stereocenters. The highest BCUT2D eigenvalue weighted by molar-refractivity contribution is 5.85. The van der Waals surface area contributed by atoms with E-state index in [0.717, 1.165) is 50.5 Å². The smallest absolute Gasteiger partial charge is 0.0698 e. The number of hydrogen-bond donors (Lipinski definition) is 2. The number of aliphatic hydroxyl groups excluding tert-OH is 2. The van der Waals surface area contributed by atoms with Crippen LogP contribution in [0.15, 0.2) is 4.99 Å². The van der Waals surface area contributed by atoms with Crippen molar-refractivity contribution in [2.45, 2.75) is 84.3 Å². The van der Waals surface area contributed by atoms with Gasteiger partial charge in [-0.1, -0.05) is 13.8 Å². The van der Waals surface area contributed by atoms with Crippen molar-refractivity contribution in [3.63, 3.8) is 0 Å². The first-order chi connectivity index (χ1) is 15.4. The first-order valence-corrected chi connectivity index (χ1v) is 13.5. The van der Waals surface area contributed by atoms with Crippen LogP contribution in [0, 0.1) is 40.4 Å². The Morgan fingerprint density at radius 2 is 1.78 bits per heavy atom. The second-order valence-electron chi connectivity index (χ2n) is 12.3. The maximum atomic E-state index is 11.1. The molecule has 5 heteroatoms. The summed E-state index contributed by atoms with van der Waals surface area (Å²) < 4.78 is 5.61. The first-order valence-electron chi connectivity index (χ1n) is 13.5. The summed E-state index contributed by atoms with van der Waals surface area (Å²) >= 11 is 0. The number of nitrogens with zero attached hydrogens (tertiary/aromatic N) is 2. The number of aliphatic imine (C=N–C) groups is 1. The Labute approximate surface area is 195 Å². The van der Waals surface area contributed by atoms with E-state index < -0.39 is 0 Å². The quantitative estimate of drug-likeness (QED) is 0.645. The van der Waals surface area contributed by atoms with Crippen molar-refractivity contribution < 1.29 is 14.9 Å². The molecule has 0 amide bonds. The minimum absolute atomic E-state index is 0.158. The molecule has 0 aromatic carbocycles. The Bertz CT molecular complexity index is 707. The van der Waals surface area contributed by atoms with E-state index in [1.807, 2.05) is 0 Å². The lowest BCUT2D eigenvalue weighted by Gasteiger charge is -2.62. The predicted molar refractivity (Wildman–Crippen MR) is 128 cm³/mol. The fourth-order valence-electron chi connectivity index (χ4n) is 9.58. The molecule has 1 heterocycles. The Morgan fingerprint density at radius 1 is 1.03 bits per heavy atom. The Morgan fingerprint density at radius 3 is 2.53 bits per heavy atom. The molecule has 5 aliphatic rings. The number of fused-ring (bicyclic) bond motifs is 5. The monoisotopic (exact) mass is 446 g/mol. The Hall–Kier alpha value is -0.490. The maximum absolute atomic E-state index is 11.1. The van der Waals surface area contributed by atoms with Gasteiger partial charge in [0.25, 0.3) is 0 Å². The first kappa shape index (κ1) is 23.3. The lowest BCUT2D eigenvalue weighted by molar-refractivity contribution is -0.152. The second-order valence-corrected chi connectivity index (χ2v) is 12.3. The van der Waals surface area contributed by atoms with Gasteiger partial charge >= 0.3 is 0 Å². The van der Waals surface area contributed by atoms with Crippen LogP contribution in [0.25, 0.3) is 0 Å². The van der Waals surface area contributed by atoms with E-state index in [4.69, 9.17) is 9.73 Å². The van der Waals surface area contributed by atoms with E-state index in [0.29, 0.717) is 35.3 Å². The number of ether oxygens (including phenoxy) is 1. The highest BCUT2D eigenvalue weighted by Gasteiger charge is 2.61. The third kappa shape index (κ3) is 3.70. The molecule has 0 unspecified atom stereocenters. The van der Waals surface area contributed by atoms with Gasteiger partial charge in [0.05, 0.1) is 32.5 Å². The van der Waals surface area contributed by atoms with Crippen molar-refractivity contribution in [2.24, 2.45) is 45.4 Å². The molecular weight excluding hydrogens is 400 g/mol. The minimum atomic E-state index is -0.169. The second kappa shape index (κ2) is 8.94. The molecule has 2 N–H and O–H groups in total. The molecule has 0 aromatic rings. The summed E-state index contributed by atoms with van der Waals surface area (Å²) in [5.74, 6) is 3.75. The molecule has 32 heavy (non-hydrogen) atoms. The van der Waals surface area contributed by atoms with E-state index in [9.17, 15) is 10.2 Å². The van der Waals surface area contributed by atoms with Crippen LogP contribution in [0.3, 0.4) is 0 Å². The van der Waals surface area contributed by atoms with Crippen molar-refractivity contribution in [3.05, 3.63) is 0 Å². The SMILES string of the molecule is CC(=NCCO)[C@H]1CC[C@H]2[C@@H]3CC[C@H]4C[C@H](O)[C@@H](N5CCOCC5)C[C@]4(C)[C@H]3CC[C@]12C. The number of morpholine rings is 1. The van der Waals surface area contributed by atoms with Gasteiger partial charge in [-0.3, -0.25) is 9.89 Å². The zero-order valence-corrected chi connectivity index (χ0v) is 20.6. The fraction of sp³-hybridized carbons (Fsp3) is 0.963. The van der Waals surface area contributed by atoms with Gasteiger partial charge in [-0.25, -0.2) is 0 Å². The highest BCUT2D eigenvalue weighted by Crippen LogP contribution is 2.67. The molecule has 4 aliphatic carbocycles. The topological polar surface area (TPSA) is 65.3 Å². The summed E-state index contributed by atoms with van der Waals surface area (Å²) in [6, 6.07) is 0.316. The number of hydrogen-bond acceptors (Lipinski definition) is 5. The molecule has 182 valence electrons. The molecule has 1 aliphatic heterocycles. The van der Waals surface area contributed by atoms with Crippen LogP contribution in [0.2, 0.25) is 0 Å². The van der Waals surface area contributed by atoms with Gasteiger partial charge in [0, 0.05) is 30.8 Å². The van der Waals surface area contributed by atoms with Crippen LogP contribution in [-0.2, 0) is 4.74 Å². The van der Waals surface area contributed by atoms with E-state index in [-0.39, 0.29) is 12.7 Å². The predicted octanol–water partition coefficient (Wildman–Crippen LogP) is 3.77. The van der Waals surface area contributed by atoms with Crippen molar-refractivity contribution in [2.75, 3.05) is 39.5 Å². The third-order valence-corrected chi connectivity index (χ3v) is 11.2. The molecule has 5 rings (SSSR count). The molecule has 4 saturated carbocycles. The van der Waals surface area contributed by atoms with Gasteiger partial charge in [-0.2, -0.15) is 0 Å². The zero-order valence-electron chi connectivity index (χ0n) is 20.6. The van der Waals surface area contributed by atoms with Crippen molar-refractivity contribution in [1.29, 1.82) is 0 Å². The van der Waals surface area contributed by atoms with E-state index in [1.165, 1.54) is 50.7 Å². The molecule has 1 saturated heterocycles. The van der Waals surface area contributed by atoms with Crippen LogP contribution >= 0.6 is 0 Å². The molecule has 0 bridgehead atoms. The largest absolute Gasteiger partial charge is 0.394 e. The van der Waals surface area contributed by atoms with Crippen LogP contribution in [0.4, 0.5) is 0 Å². The van der Waals surface area contributed by atoms with Gasteiger partial charge in [-0.15, -0.1) is 0 Å². The summed E-state index contributed by atoms with van der Waals surface area (Å²) in [6.07, 6.45) is 9.97. The fourth-order valence-corrected chi connectivity index (χ4v) is 9.58. The normalized spacial score (nSPS) is 49.9. The van der Waals surface area contributed by atoms with Gasteiger partial charge in [0.15, 0.2) is 0 Å². The van der Waals surface area contributed by atoms with E-state index in [1.54, 1.807) is 0 Å². The summed E-state index contributed by atoms with van der Waals surface area (Å²) in [6.45, 7) is 11.7. The van der Waals surface area contributed by atoms with Gasteiger partial charge in [0.2, 0.25) is 0 Å². The maximum Gasteiger partial charge on any atom is 0.0698 e. The van der Waals surface area contributed by atoms with Crippen molar-refractivity contribution >= 4 is 5.71 Å². The van der Waals surface area contributed by atoms with Crippen LogP contribution < -0.4 is 0 Å². The minimum Gasteiger partial charge on any atom is -0.394 e. The molecule has 0 spiro atoms. The average molecular weight is 447 g/mol. The van der Waals surface area contributed by atoms with E-state index in [2.05, 4.69) is 25.7 Å². The van der Waals surface area contributed by atoms with Crippen LogP contribution in [-0.4, -0.2) is 72.4 Å². The molecule has 0 aromatic heterocycles. The highest BCUT2D eigenvalue weighted by atomic mass is 16.5. The average Bonchev–Trinajstić information content (AvgIpc) is 3.15. The zero-order chi connectivity index (χ0) is 22.5. The van der Waals surface area contributed by atoms with Crippen molar-refractivity contribution in [1.82, 2.24) is 4.90 Å². The summed E-state index contributed by atoms with van der Waals surface area (Å²) in [5.41, 5.74) is 2.03. The van der Waals surface area contributed by atoms with Crippen LogP contribution in [0.1, 0.15) is 72.1 Å². The van der Waals surface area contributed by atoms with E-state index >= 15 is 0 Å². The Balaban J connectivity index is 1.36. The molecule has 5 nitrogen and oxygen atoms in total. The standard InChI is InChI=1S/C27H46N2O3/c1-18(28-10-13-30)21-6-7-22-20-5-4-19-16-25(31)24(29-11-14-32-15-12-29)17-27(19,3)23(20)8-9-26(21,22)2/h19-25,30-31H,4-17H2,1-3H3/t19-,20-,21+,22-,23-,24-,25-,26+,27-/m0/s1. The third-order valence-electron chi connectivity index (χ3n) is 11.2. The summed E-state index contributed by atoms with van der Waals surface area (Å²) in [4.78, 5) is 7.28. The van der Waals surface area contributed by atoms with Gasteiger partial charge in [-0.05, 0) is 92.8 Å². The summed E-state index contributed by atoms with van der Waals surface area (Å²) in [7, 11) is 0. The lowest BCUT2D eigenvalue weighted by atomic mass is 9.44. The number of aliphatic hydroxyl groups is 2. The molecular formula is C27H46N2O3. The molecule has 0 radical (unpaired) electrons. The van der Waals surface area contributed by atoms with Gasteiger partial charge in [0.1, 0.15) is 0 Å². The Kier molecular flexibility index (Phi) is 6.50.